The first-order valence-corrected chi connectivity index (χ1v) is 2.76. The van der Waals surface area contributed by atoms with Crippen molar-refractivity contribution in [2.75, 3.05) is 28.2 Å². The Morgan fingerprint density at radius 1 is 1.00 bits per heavy atom. The van der Waals surface area contributed by atoms with Crippen molar-refractivity contribution < 1.29 is 2.85 Å². The lowest BCUT2D eigenvalue weighted by Crippen LogP contribution is -1.69. The van der Waals surface area contributed by atoms with Crippen LogP contribution in [0, 0.1) is 0 Å². The van der Waals surface area contributed by atoms with Crippen LogP contribution in [0.4, 0.5) is 0 Å². The Morgan fingerprint density at radius 3 is 1.08 bits per heavy atom. The molecule has 4 nitrogen and oxygen atoms in total. The third-order valence-electron chi connectivity index (χ3n) is 0.158. The zero-order chi connectivity index (χ0) is 9.41. The molecule has 0 aliphatic rings. The fraction of sp³-hybridized carbons (Fsp3) is 0.667. The van der Waals surface area contributed by atoms with Gasteiger partial charge in [-0.05, 0) is 33.6 Å². The second-order valence-corrected chi connectivity index (χ2v) is 0.382. The van der Waals surface area contributed by atoms with E-state index < -0.39 is 0 Å². The Hall–Kier alpha value is -0.540. The molecule has 0 fully saturated rings. The van der Waals surface area contributed by atoms with E-state index in [9.17, 15) is 0 Å². The third kappa shape index (κ3) is 3200. The maximum absolute atomic E-state index is 4.50. The van der Waals surface area contributed by atoms with E-state index in [1.807, 2.05) is 0 Å². The average molecular weight is 176 g/mol. The molecule has 0 aliphatic carbocycles. The number of hydrogen-bond acceptors (Lipinski definition) is 4. The highest BCUT2D eigenvalue weighted by Crippen LogP contribution is 1.29. The summed E-state index contributed by atoms with van der Waals surface area (Å²) in [7, 11) is 6.13. The number of nitrogens with zero attached hydrogens (tertiary/aromatic N) is 1. The van der Waals surface area contributed by atoms with Crippen LogP contribution in [0.15, 0.2) is 11.6 Å². The molecule has 0 amide bonds. The van der Waals surface area contributed by atoms with E-state index in [4.69, 9.17) is 0 Å². The van der Waals surface area contributed by atoms with Gasteiger partial charge < -0.3 is 17.2 Å². The van der Waals surface area contributed by atoms with Gasteiger partial charge in [-0.15, -0.1) is 0 Å². The Labute approximate surface area is 83.4 Å². The van der Waals surface area contributed by atoms with Crippen molar-refractivity contribution in [3.8, 4) is 0 Å². The number of aliphatic imine (C=N–C) groups is 1. The summed E-state index contributed by atoms with van der Waals surface area (Å²) in [6, 6.07) is 0. The Bertz CT molecular complexity index is 63.8. The van der Waals surface area contributed by atoms with Gasteiger partial charge >= 0.3 is 0 Å². The molecule has 0 bridgehead atoms. The normalized spacial score (nSPS) is 2.92. The molecule has 0 unspecified atom stereocenters. The maximum atomic E-state index is 4.50. The van der Waals surface area contributed by atoms with E-state index >= 15 is 0 Å². The van der Waals surface area contributed by atoms with Crippen LogP contribution in [0.1, 0.15) is 2.85 Å². The summed E-state index contributed by atoms with van der Waals surface area (Å²) in [6.45, 7) is 3.19. The molecule has 0 aromatic heterocycles. The molecule has 0 saturated heterocycles. The summed E-state index contributed by atoms with van der Waals surface area (Å²) in [5.74, 6) is 2.31. The van der Waals surface area contributed by atoms with Crippen LogP contribution in [0.3, 0.4) is 0 Å². The summed E-state index contributed by atoms with van der Waals surface area (Å²) in [5, 5.41) is 0. The second-order valence-electron chi connectivity index (χ2n) is 0.382. The van der Waals surface area contributed by atoms with E-state index in [1.54, 1.807) is 7.05 Å². The maximum Gasteiger partial charge on any atom is 0.0371 e. The predicted octanol–water partition coefficient (Wildman–Crippen LogP) is -1.07. The van der Waals surface area contributed by atoms with Crippen molar-refractivity contribution in [1.29, 1.82) is 0 Å². The topological polar surface area (TPSA) is 90.4 Å². The van der Waals surface area contributed by atoms with Gasteiger partial charge in [0.1, 0.15) is 0 Å². The third-order valence-corrected chi connectivity index (χ3v) is 0.158. The largest absolute Gasteiger partial charge is 0.333 e. The molecule has 0 atom stereocenters. The molecular weight excluding hydrogens is 150 g/mol. The zero-order valence-electron chi connectivity index (χ0n) is 8.54. The summed E-state index contributed by atoms with van der Waals surface area (Å²) in [4.78, 5) is 3.38. The molecule has 0 saturated carbocycles. The number of rotatable bonds is 0. The Kier molecular flexibility index (Phi) is 1540. The molecule has 0 rings (SSSR count). The van der Waals surface area contributed by atoms with Crippen molar-refractivity contribution >= 4 is 22.7 Å². The molecule has 0 aliphatic heterocycles. The molecule has 6 N–H and O–H groups in total. The van der Waals surface area contributed by atoms with Crippen LogP contribution in [-0.4, -0.2) is 50.9 Å². The van der Waals surface area contributed by atoms with Crippen molar-refractivity contribution in [3.05, 3.63) is 6.58 Å². The van der Waals surface area contributed by atoms with Crippen molar-refractivity contribution in [1.82, 2.24) is 0 Å². The molecule has 0 spiro atoms. The lowest BCUT2D eigenvalue weighted by molar-refractivity contribution is 1.48. The smallest absolute Gasteiger partial charge is 0.0371 e. The van der Waals surface area contributed by atoms with E-state index in [0.717, 1.165) is 0 Å². The van der Waals surface area contributed by atoms with Gasteiger partial charge in [-0.3, -0.25) is 0 Å². The first kappa shape index (κ1) is 42.1. The lowest BCUT2D eigenvalue weighted by Gasteiger charge is -1.42. The Morgan fingerprint density at radius 2 is 1.08 bits per heavy atom. The van der Waals surface area contributed by atoms with E-state index in [-0.39, 0.29) is 19.7 Å². The molecule has 0 aromatic rings. The summed E-state index contributed by atoms with van der Waals surface area (Å²) in [5.41, 5.74) is 13.5. The van der Waals surface area contributed by atoms with Crippen LogP contribution in [0.25, 0.3) is 0 Å². The standard InChI is InChI=1S/C3H5N.3CH5N.2B.2H2/c1-3-4-2;3*1-2;;;;/h1H2,2H3;3*2H2,1H3;;;2*1H/i;;;;;;2*1+1. The summed E-state index contributed by atoms with van der Waals surface area (Å²) >= 11 is 0. The highest BCUT2D eigenvalue weighted by molar-refractivity contribution is 5.76. The first-order valence-electron chi connectivity index (χ1n) is 2.76. The highest BCUT2D eigenvalue weighted by Gasteiger charge is 1.21. The monoisotopic (exact) mass is 176 g/mol. The van der Waals surface area contributed by atoms with Crippen molar-refractivity contribution in [3.63, 3.8) is 0 Å². The van der Waals surface area contributed by atoms with Crippen LogP contribution >= 0.6 is 0 Å². The van der Waals surface area contributed by atoms with Crippen LogP contribution in [0.5, 0.6) is 0 Å². The molecule has 6 heteroatoms. The van der Waals surface area contributed by atoms with Gasteiger partial charge in [0.25, 0.3) is 0 Å². The average Bonchev–Trinajstić information content (AvgIpc) is 2.14. The van der Waals surface area contributed by atoms with Gasteiger partial charge in [0.15, 0.2) is 0 Å². The summed E-state index contributed by atoms with van der Waals surface area (Å²) in [6.07, 6.45) is 0. The van der Waals surface area contributed by atoms with Gasteiger partial charge in [-0.1, -0.05) is 0 Å². The quantitative estimate of drug-likeness (QED) is 0.324. The minimum atomic E-state index is 0. The van der Waals surface area contributed by atoms with Crippen LogP contribution in [0.2, 0.25) is 0 Å². The minimum absolute atomic E-state index is 0. The fourth-order valence-electron chi connectivity index (χ4n) is 0. The zero-order valence-corrected chi connectivity index (χ0v) is 8.54. The fourth-order valence-corrected chi connectivity index (χ4v) is 0. The second kappa shape index (κ2) is 439. The molecule has 6 radical (unpaired) electrons. The van der Waals surface area contributed by atoms with Crippen LogP contribution in [-0.2, 0) is 0 Å². The minimum Gasteiger partial charge on any atom is -0.333 e. The Balaban J connectivity index is -0.00000000550. The number of nitrogens with two attached hydrogens (primary N) is 3. The van der Waals surface area contributed by atoms with Gasteiger partial charge in [0.05, 0.1) is 0 Å². The molecule has 0 heterocycles. The van der Waals surface area contributed by atoms with Crippen molar-refractivity contribution in [2.24, 2.45) is 22.2 Å². The molecular formula is C6H24B2N4. The van der Waals surface area contributed by atoms with E-state index in [2.05, 4.69) is 34.6 Å². The number of hydrogen-bond donors (Lipinski definition) is 3. The molecule has 0 aromatic carbocycles. The SMILES string of the molecule is C=C=NC.CN.CN.CN.[2HH].[2HH].[B].[B]. The van der Waals surface area contributed by atoms with Gasteiger partial charge in [-0.25, -0.2) is 4.99 Å². The van der Waals surface area contributed by atoms with Gasteiger partial charge in [0.2, 0.25) is 0 Å². The summed E-state index contributed by atoms with van der Waals surface area (Å²) < 4.78 is 0. The predicted molar refractivity (Wildman–Crippen MR) is 65.1 cm³/mol. The lowest BCUT2D eigenvalue weighted by atomic mass is 10.8. The van der Waals surface area contributed by atoms with Crippen molar-refractivity contribution in [2.45, 2.75) is 0 Å². The van der Waals surface area contributed by atoms with E-state index in [0.29, 0.717) is 0 Å². The van der Waals surface area contributed by atoms with Gasteiger partial charge in [0, 0.05) is 26.7 Å². The molecule has 12 heavy (non-hydrogen) atoms. The highest BCUT2D eigenvalue weighted by atomic mass is 14.6. The molecule has 74 valence electrons. The van der Waals surface area contributed by atoms with E-state index in [1.165, 1.54) is 21.1 Å². The van der Waals surface area contributed by atoms with Crippen LogP contribution < -0.4 is 17.2 Å². The van der Waals surface area contributed by atoms with Gasteiger partial charge in [-0.2, -0.15) is 0 Å². The first-order chi connectivity index (χ1) is 4.91.